The molecule has 0 N–H and O–H groups in total. The number of rotatable bonds is 7. The standard InChI is InChI=1S/C18H16BrCl2N3OS2/c1-24-17(11-27(25)10-14-15(20)3-2-4-16(14)21)22-23-18(24)26-9-12-5-7-13(19)8-6-12/h2-8H,9-11H2,1H3/t27-/m0/s1. The van der Waals surface area contributed by atoms with Gasteiger partial charge in [0.05, 0.1) is 11.5 Å². The summed E-state index contributed by atoms with van der Waals surface area (Å²) in [6.07, 6.45) is 0. The van der Waals surface area contributed by atoms with Gasteiger partial charge >= 0.3 is 0 Å². The number of halogens is 3. The smallest absolute Gasteiger partial charge is 0.191 e. The van der Waals surface area contributed by atoms with Crippen molar-refractivity contribution in [3.05, 3.63) is 73.9 Å². The van der Waals surface area contributed by atoms with Crippen molar-refractivity contribution >= 4 is 61.7 Å². The summed E-state index contributed by atoms with van der Waals surface area (Å²) in [5.74, 6) is 2.05. The highest BCUT2D eigenvalue weighted by atomic mass is 79.9. The molecule has 0 fully saturated rings. The van der Waals surface area contributed by atoms with Crippen molar-refractivity contribution in [1.29, 1.82) is 0 Å². The summed E-state index contributed by atoms with van der Waals surface area (Å²) in [6, 6.07) is 13.4. The van der Waals surface area contributed by atoms with Crippen molar-refractivity contribution in [3.63, 3.8) is 0 Å². The van der Waals surface area contributed by atoms with Crippen molar-refractivity contribution in [1.82, 2.24) is 14.8 Å². The molecule has 0 saturated carbocycles. The minimum absolute atomic E-state index is 0.284. The lowest BCUT2D eigenvalue weighted by atomic mass is 10.2. The first-order valence-corrected chi connectivity index (χ1v) is 12.0. The lowest BCUT2D eigenvalue weighted by molar-refractivity contribution is 0.677. The first-order valence-electron chi connectivity index (χ1n) is 7.97. The molecule has 0 bridgehead atoms. The zero-order valence-corrected chi connectivity index (χ0v) is 19.1. The van der Waals surface area contributed by atoms with Crippen molar-refractivity contribution < 1.29 is 4.21 Å². The van der Waals surface area contributed by atoms with Gasteiger partial charge in [-0.05, 0) is 29.8 Å². The number of aromatic nitrogens is 3. The second kappa shape index (κ2) is 9.56. The van der Waals surface area contributed by atoms with Crippen LogP contribution in [0.25, 0.3) is 0 Å². The fourth-order valence-electron chi connectivity index (χ4n) is 2.35. The molecule has 9 heteroatoms. The Morgan fingerprint density at radius 1 is 1.07 bits per heavy atom. The molecule has 1 atom stereocenters. The largest absolute Gasteiger partial charge is 0.308 e. The first kappa shape index (κ1) is 20.9. The lowest BCUT2D eigenvalue weighted by Crippen LogP contribution is -2.06. The van der Waals surface area contributed by atoms with Gasteiger partial charge in [0.15, 0.2) is 5.16 Å². The second-order valence-corrected chi connectivity index (χ2v) is 9.93. The van der Waals surface area contributed by atoms with E-state index in [0.29, 0.717) is 27.2 Å². The van der Waals surface area contributed by atoms with Crippen LogP contribution in [0.3, 0.4) is 0 Å². The molecule has 27 heavy (non-hydrogen) atoms. The van der Waals surface area contributed by atoms with Crippen LogP contribution in [0, 0.1) is 0 Å². The molecule has 3 rings (SSSR count). The topological polar surface area (TPSA) is 47.8 Å². The third kappa shape index (κ3) is 5.57. The van der Waals surface area contributed by atoms with Gasteiger partial charge in [-0.15, -0.1) is 10.2 Å². The zero-order chi connectivity index (χ0) is 19.4. The summed E-state index contributed by atoms with van der Waals surface area (Å²) in [5, 5.41) is 10.3. The molecular weight excluding hydrogens is 489 g/mol. The average Bonchev–Trinajstić information content (AvgIpc) is 2.98. The summed E-state index contributed by atoms with van der Waals surface area (Å²) >= 11 is 17.4. The maximum atomic E-state index is 12.6. The fraction of sp³-hybridized carbons (Fsp3) is 0.222. The van der Waals surface area contributed by atoms with Crippen LogP contribution in [-0.4, -0.2) is 19.0 Å². The predicted molar refractivity (Wildman–Crippen MR) is 117 cm³/mol. The molecule has 0 aliphatic carbocycles. The van der Waals surface area contributed by atoms with Crippen molar-refractivity contribution in [3.8, 4) is 0 Å². The van der Waals surface area contributed by atoms with Gasteiger partial charge in [-0.3, -0.25) is 4.21 Å². The van der Waals surface area contributed by atoms with E-state index in [0.717, 1.165) is 15.4 Å². The summed E-state index contributed by atoms with van der Waals surface area (Å²) in [4.78, 5) is 0. The van der Waals surface area contributed by atoms with E-state index in [1.54, 1.807) is 30.0 Å². The van der Waals surface area contributed by atoms with E-state index in [1.165, 1.54) is 5.56 Å². The van der Waals surface area contributed by atoms with Gasteiger partial charge in [0.2, 0.25) is 0 Å². The SMILES string of the molecule is Cn1c(C[S@@](=O)Cc2c(Cl)cccc2Cl)nnc1SCc1ccc(Br)cc1. The quantitative estimate of drug-likeness (QED) is 0.391. The van der Waals surface area contributed by atoms with Crippen LogP contribution >= 0.6 is 50.9 Å². The first-order chi connectivity index (χ1) is 12.9. The Morgan fingerprint density at radius 3 is 2.41 bits per heavy atom. The molecule has 0 amide bonds. The summed E-state index contributed by atoms with van der Waals surface area (Å²) in [5.41, 5.74) is 1.90. The second-order valence-electron chi connectivity index (χ2n) is 5.80. The molecule has 0 saturated heterocycles. The zero-order valence-electron chi connectivity index (χ0n) is 14.4. The maximum Gasteiger partial charge on any atom is 0.191 e. The Kier molecular flexibility index (Phi) is 7.39. The lowest BCUT2D eigenvalue weighted by Gasteiger charge is -2.07. The third-order valence-corrected chi connectivity index (χ3v) is 7.38. The molecule has 0 spiro atoms. The Hall–Kier alpha value is -0.860. The van der Waals surface area contributed by atoms with E-state index in [-0.39, 0.29) is 5.75 Å². The molecule has 0 aliphatic heterocycles. The highest BCUT2D eigenvalue weighted by Crippen LogP contribution is 2.27. The van der Waals surface area contributed by atoms with E-state index >= 15 is 0 Å². The molecule has 0 aliphatic rings. The van der Waals surface area contributed by atoms with Crippen LogP contribution in [0.1, 0.15) is 17.0 Å². The van der Waals surface area contributed by atoms with Crippen LogP contribution in [0.5, 0.6) is 0 Å². The third-order valence-electron chi connectivity index (χ3n) is 3.86. The van der Waals surface area contributed by atoms with Gasteiger partial charge < -0.3 is 4.57 Å². The molecule has 0 unspecified atom stereocenters. The minimum Gasteiger partial charge on any atom is -0.308 e. The summed E-state index contributed by atoms with van der Waals surface area (Å²) in [7, 11) is 0.699. The highest BCUT2D eigenvalue weighted by molar-refractivity contribution is 9.10. The molecule has 1 heterocycles. The molecular formula is C18H16BrCl2N3OS2. The molecule has 2 aromatic carbocycles. The van der Waals surface area contributed by atoms with Crippen LogP contribution < -0.4 is 0 Å². The van der Waals surface area contributed by atoms with Crippen LogP contribution in [0.15, 0.2) is 52.1 Å². The number of nitrogens with zero attached hydrogens (tertiary/aromatic N) is 3. The Bertz CT molecular complexity index is 943. The highest BCUT2D eigenvalue weighted by Gasteiger charge is 2.15. The predicted octanol–water partition coefficient (Wildman–Crippen LogP) is 5.63. The van der Waals surface area contributed by atoms with E-state index in [4.69, 9.17) is 23.2 Å². The van der Waals surface area contributed by atoms with Gasteiger partial charge in [0.25, 0.3) is 0 Å². The molecule has 142 valence electrons. The fourth-order valence-corrected chi connectivity index (χ4v) is 5.47. The van der Waals surface area contributed by atoms with Crippen molar-refractivity contribution in [2.24, 2.45) is 7.05 Å². The molecule has 3 aromatic rings. The van der Waals surface area contributed by atoms with E-state index < -0.39 is 10.8 Å². The molecule has 4 nitrogen and oxygen atoms in total. The van der Waals surface area contributed by atoms with Gasteiger partial charge in [-0.1, -0.05) is 69.1 Å². The monoisotopic (exact) mass is 503 g/mol. The molecule has 0 radical (unpaired) electrons. The van der Waals surface area contributed by atoms with Gasteiger partial charge in [0, 0.05) is 43.7 Å². The van der Waals surface area contributed by atoms with Gasteiger partial charge in [-0.2, -0.15) is 0 Å². The summed E-state index contributed by atoms with van der Waals surface area (Å²) < 4.78 is 15.5. The Labute approximate surface area is 183 Å². The van der Waals surface area contributed by atoms with Crippen LogP contribution in [0.4, 0.5) is 0 Å². The number of thioether (sulfide) groups is 1. The molecule has 1 aromatic heterocycles. The normalized spacial score (nSPS) is 12.3. The number of hydrogen-bond donors (Lipinski definition) is 0. The van der Waals surface area contributed by atoms with Gasteiger partial charge in [0.1, 0.15) is 5.82 Å². The number of hydrogen-bond acceptors (Lipinski definition) is 4. The number of benzene rings is 2. The minimum atomic E-state index is -1.19. The van der Waals surface area contributed by atoms with Crippen molar-refractivity contribution in [2.75, 3.05) is 0 Å². The van der Waals surface area contributed by atoms with Crippen LogP contribution in [0.2, 0.25) is 10.0 Å². The average molecular weight is 505 g/mol. The van der Waals surface area contributed by atoms with Crippen LogP contribution in [-0.2, 0) is 35.1 Å². The van der Waals surface area contributed by atoms with E-state index in [1.807, 2.05) is 23.7 Å². The maximum absolute atomic E-state index is 12.6. The van der Waals surface area contributed by atoms with E-state index in [2.05, 4.69) is 38.3 Å². The van der Waals surface area contributed by atoms with Gasteiger partial charge in [-0.25, -0.2) is 0 Å². The Morgan fingerprint density at radius 2 is 1.74 bits per heavy atom. The van der Waals surface area contributed by atoms with E-state index in [9.17, 15) is 4.21 Å². The Balaban J connectivity index is 1.63. The summed E-state index contributed by atoms with van der Waals surface area (Å²) in [6.45, 7) is 0. The van der Waals surface area contributed by atoms with Crippen molar-refractivity contribution in [2.45, 2.75) is 22.4 Å².